The van der Waals surface area contributed by atoms with Crippen LogP contribution in [0.25, 0.3) is 0 Å². The zero-order chi connectivity index (χ0) is 21.2. The van der Waals surface area contributed by atoms with Crippen molar-refractivity contribution < 1.29 is 14.3 Å². The van der Waals surface area contributed by atoms with Crippen LogP contribution in [-0.2, 0) is 9.53 Å². The average Bonchev–Trinajstić information content (AvgIpc) is 3.10. The number of piperazine rings is 1. The van der Waals surface area contributed by atoms with Crippen molar-refractivity contribution in [2.75, 3.05) is 44.2 Å². The number of aromatic nitrogens is 1. The smallest absolute Gasteiger partial charge is 0.410 e. The highest BCUT2D eigenvalue weighted by atomic mass is 16.6. The Labute approximate surface area is 172 Å². The second-order valence-electron chi connectivity index (χ2n) is 9.01. The van der Waals surface area contributed by atoms with E-state index in [1.807, 2.05) is 38.7 Å². The van der Waals surface area contributed by atoms with Gasteiger partial charge in [0, 0.05) is 45.5 Å². The summed E-state index contributed by atoms with van der Waals surface area (Å²) in [7, 11) is 0. The molecule has 2 aliphatic heterocycles. The predicted molar refractivity (Wildman–Crippen MR) is 108 cm³/mol. The zero-order valence-electron chi connectivity index (χ0n) is 17.6. The van der Waals surface area contributed by atoms with Gasteiger partial charge < -0.3 is 19.4 Å². The van der Waals surface area contributed by atoms with Gasteiger partial charge in [0.05, 0.1) is 11.0 Å². The van der Waals surface area contributed by atoms with Crippen molar-refractivity contribution in [1.29, 1.82) is 5.26 Å². The molecule has 29 heavy (non-hydrogen) atoms. The van der Waals surface area contributed by atoms with Crippen molar-refractivity contribution in [2.24, 2.45) is 5.41 Å². The van der Waals surface area contributed by atoms with Gasteiger partial charge in [0.25, 0.3) is 0 Å². The molecule has 8 heteroatoms. The molecule has 3 heterocycles. The molecule has 1 aromatic heterocycles. The highest BCUT2D eigenvalue weighted by molar-refractivity contribution is 5.84. The van der Waals surface area contributed by atoms with Crippen LogP contribution in [0.2, 0.25) is 0 Å². The monoisotopic (exact) mass is 399 g/mol. The number of nitriles is 1. The lowest BCUT2D eigenvalue weighted by Crippen LogP contribution is -2.53. The Bertz CT molecular complexity index is 803. The summed E-state index contributed by atoms with van der Waals surface area (Å²) >= 11 is 0. The summed E-state index contributed by atoms with van der Waals surface area (Å²) in [5.41, 5.74) is -0.590. The van der Waals surface area contributed by atoms with Crippen LogP contribution in [0.15, 0.2) is 18.3 Å². The van der Waals surface area contributed by atoms with Crippen molar-refractivity contribution in [3.8, 4) is 6.07 Å². The summed E-state index contributed by atoms with van der Waals surface area (Å²) in [4.78, 5) is 35.5. The molecule has 0 aliphatic carbocycles. The highest BCUT2D eigenvalue weighted by Crippen LogP contribution is 2.33. The Morgan fingerprint density at radius 1 is 1.14 bits per heavy atom. The fraction of sp³-hybridized carbons (Fsp3) is 0.619. The number of rotatable bonds is 2. The maximum Gasteiger partial charge on any atom is 0.410 e. The third-order valence-corrected chi connectivity index (χ3v) is 5.41. The lowest BCUT2D eigenvalue weighted by atomic mass is 9.88. The van der Waals surface area contributed by atoms with Crippen molar-refractivity contribution in [3.63, 3.8) is 0 Å². The molecule has 1 aromatic rings. The Balaban J connectivity index is 1.56. The van der Waals surface area contributed by atoms with Crippen molar-refractivity contribution in [1.82, 2.24) is 14.8 Å². The van der Waals surface area contributed by atoms with Crippen LogP contribution in [0.1, 0.15) is 39.7 Å². The third kappa shape index (κ3) is 4.78. The van der Waals surface area contributed by atoms with E-state index in [0.717, 1.165) is 5.82 Å². The van der Waals surface area contributed by atoms with E-state index in [9.17, 15) is 9.59 Å². The van der Waals surface area contributed by atoms with Gasteiger partial charge in [-0.05, 0) is 46.2 Å². The van der Waals surface area contributed by atoms with Gasteiger partial charge in [0.15, 0.2) is 0 Å². The number of carbonyl (C=O) groups is 2. The van der Waals surface area contributed by atoms with Gasteiger partial charge in [0.1, 0.15) is 17.5 Å². The molecule has 156 valence electrons. The van der Waals surface area contributed by atoms with Crippen molar-refractivity contribution in [2.45, 2.75) is 39.7 Å². The normalized spacial score (nSPS) is 22.4. The second-order valence-corrected chi connectivity index (χ2v) is 9.01. The Hall–Kier alpha value is -2.82. The van der Waals surface area contributed by atoms with E-state index in [1.54, 1.807) is 17.2 Å². The first-order chi connectivity index (χ1) is 13.6. The Kier molecular flexibility index (Phi) is 5.69. The molecule has 0 saturated carbocycles. The van der Waals surface area contributed by atoms with Gasteiger partial charge in [0.2, 0.25) is 5.91 Å². The topological polar surface area (TPSA) is 89.8 Å². The van der Waals surface area contributed by atoms with Gasteiger partial charge in [-0.1, -0.05) is 0 Å². The molecule has 0 radical (unpaired) electrons. The number of nitrogens with zero attached hydrogens (tertiary/aromatic N) is 5. The van der Waals surface area contributed by atoms with E-state index >= 15 is 0 Å². The van der Waals surface area contributed by atoms with Crippen LogP contribution in [0, 0.1) is 16.7 Å². The number of pyridine rings is 1. The predicted octanol–water partition coefficient (Wildman–Crippen LogP) is 2.25. The van der Waals surface area contributed by atoms with E-state index < -0.39 is 11.0 Å². The van der Waals surface area contributed by atoms with Crippen LogP contribution < -0.4 is 4.90 Å². The molecule has 2 aliphatic rings. The van der Waals surface area contributed by atoms with Crippen LogP contribution >= 0.6 is 0 Å². The molecular weight excluding hydrogens is 370 g/mol. The lowest BCUT2D eigenvalue weighted by molar-refractivity contribution is -0.140. The fourth-order valence-corrected chi connectivity index (χ4v) is 3.78. The van der Waals surface area contributed by atoms with Gasteiger partial charge in [-0.15, -0.1) is 0 Å². The van der Waals surface area contributed by atoms with Gasteiger partial charge in [-0.3, -0.25) is 4.79 Å². The number of carbonyl (C=O) groups excluding carboxylic acids is 2. The Morgan fingerprint density at radius 3 is 2.38 bits per heavy atom. The molecule has 0 aromatic carbocycles. The maximum absolute atomic E-state index is 13.2. The van der Waals surface area contributed by atoms with Gasteiger partial charge in [-0.2, -0.15) is 5.26 Å². The molecule has 2 fully saturated rings. The van der Waals surface area contributed by atoms with Crippen LogP contribution in [0.5, 0.6) is 0 Å². The number of likely N-dealkylation sites (tertiary alicyclic amines) is 1. The largest absolute Gasteiger partial charge is 0.444 e. The highest BCUT2D eigenvalue weighted by Gasteiger charge is 2.45. The molecule has 8 nitrogen and oxygen atoms in total. The van der Waals surface area contributed by atoms with E-state index in [0.29, 0.717) is 51.3 Å². The third-order valence-electron chi connectivity index (χ3n) is 5.41. The SMILES string of the molecule is CC(C)(C)OC(=O)N1CC[C@@](C)(C(=O)N2CCN(c3ccc(C#N)cn3)CC2)C1. The van der Waals surface area contributed by atoms with Crippen LogP contribution in [0.4, 0.5) is 10.6 Å². The first-order valence-electron chi connectivity index (χ1n) is 10.00. The minimum atomic E-state index is -0.578. The van der Waals surface area contributed by atoms with E-state index in [1.165, 1.54) is 0 Å². The lowest BCUT2D eigenvalue weighted by Gasteiger charge is -2.39. The molecule has 3 rings (SSSR count). The number of hydrogen-bond acceptors (Lipinski definition) is 6. The fourth-order valence-electron chi connectivity index (χ4n) is 3.78. The summed E-state index contributed by atoms with van der Waals surface area (Å²) < 4.78 is 5.45. The first-order valence-corrected chi connectivity index (χ1v) is 10.00. The standard InChI is InChI=1S/C21H29N5O3/c1-20(2,3)29-19(28)26-8-7-21(4,15-26)18(27)25-11-9-24(10-12-25)17-6-5-16(13-22)14-23-17/h5-6,14H,7-12,15H2,1-4H3/t21-/m1/s1. The van der Waals surface area contributed by atoms with Crippen molar-refractivity contribution >= 4 is 17.8 Å². The summed E-state index contributed by atoms with van der Waals surface area (Å²) in [6, 6.07) is 5.66. The summed E-state index contributed by atoms with van der Waals surface area (Å²) in [6.07, 6.45) is 1.85. The molecule has 0 unspecified atom stereocenters. The molecule has 0 spiro atoms. The number of hydrogen-bond donors (Lipinski definition) is 0. The van der Waals surface area contributed by atoms with E-state index in [-0.39, 0.29) is 12.0 Å². The quantitative estimate of drug-likeness (QED) is 0.758. The molecule has 0 N–H and O–H groups in total. The summed E-state index contributed by atoms with van der Waals surface area (Å²) in [5.74, 6) is 0.912. The molecular formula is C21H29N5O3. The Morgan fingerprint density at radius 2 is 1.83 bits per heavy atom. The second kappa shape index (κ2) is 7.90. The first kappa shape index (κ1) is 20.9. The van der Waals surface area contributed by atoms with Crippen molar-refractivity contribution in [3.05, 3.63) is 23.9 Å². The number of anilines is 1. The minimum absolute atomic E-state index is 0.0935. The van der Waals surface area contributed by atoms with Crippen LogP contribution in [-0.4, -0.2) is 71.7 Å². The van der Waals surface area contributed by atoms with Crippen LogP contribution in [0.3, 0.4) is 0 Å². The van der Waals surface area contributed by atoms with E-state index in [4.69, 9.17) is 10.00 Å². The molecule has 2 saturated heterocycles. The minimum Gasteiger partial charge on any atom is -0.444 e. The number of amides is 2. The molecule has 2 amide bonds. The van der Waals surface area contributed by atoms with Gasteiger partial charge >= 0.3 is 6.09 Å². The summed E-state index contributed by atoms with van der Waals surface area (Å²) in [6.45, 7) is 11.0. The average molecular weight is 399 g/mol. The van der Waals surface area contributed by atoms with E-state index in [2.05, 4.69) is 16.0 Å². The molecule has 0 bridgehead atoms. The number of ether oxygens (including phenoxy) is 1. The summed E-state index contributed by atoms with van der Waals surface area (Å²) in [5, 5.41) is 8.89. The van der Waals surface area contributed by atoms with Gasteiger partial charge in [-0.25, -0.2) is 9.78 Å². The maximum atomic E-state index is 13.2. The molecule has 1 atom stereocenters. The zero-order valence-corrected chi connectivity index (χ0v) is 17.6.